The van der Waals surface area contributed by atoms with Gasteiger partial charge < -0.3 is 15.3 Å². The van der Waals surface area contributed by atoms with Gasteiger partial charge in [-0.2, -0.15) is 0 Å². The second-order valence-electron chi connectivity index (χ2n) is 14.0. The predicted octanol–water partition coefficient (Wildman–Crippen LogP) is 9.52. The van der Waals surface area contributed by atoms with Crippen molar-refractivity contribution in [3.8, 4) is 0 Å². The molecule has 2 aliphatic rings. The van der Waals surface area contributed by atoms with Crippen LogP contribution in [0.4, 0.5) is 0 Å². The zero-order chi connectivity index (χ0) is 32.4. The highest BCUT2D eigenvalue weighted by molar-refractivity contribution is 5.42. The first-order valence-corrected chi connectivity index (χ1v) is 15.5. The average molecular weight is 585 g/mol. The highest BCUT2D eigenvalue weighted by atomic mass is 16.3. The molecule has 0 aromatic carbocycles. The maximum atomic E-state index is 10.9. The van der Waals surface area contributed by atoms with Gasteiger partial charge in [0.2, 0.25) is 0 Å². The van der Waals surface area contributed by atoms with Gasteiger partial charge in [-0.25, -0.2) is 0 Å². The Morgan fingerprint density at radius 1 is 0.651 bits per heavy atom. The van der Waals surface area contributed by atoms with E-state index in [9.17, 15) is 15.3 Å². The fourth-order valence-corrected chi connectivity index (χ4v) is 6.20. The van der Waals surface area contributed by atoms with Crippen molar-refractivity contribution in [3.63, 3.8) is 0 Å². The minimum absolute atomic E-state index is 0.0339. The van der Waals surface area contributed by atoms with Gasteiger partial charge in [0.15, 0.2) is 0 Å². The number of allylic oxidation sites excluding steroid dienone is 20. The largest absolute Gasteiger partial charge is 0.393 e. The van der Waals surface area contributed by atoms with Crippen LogP contribution in [-0.2, 0) is 0 Å². The van der Waals surface area contributed by atoms with Crippen LogP contribution in [0.5, 0.6) is 0 Å². The molecule has 3 N–H and O–H groups in total. The van der Waals surface area contributed by atoms with Crippen molar-refractivity contribution in [2.45, 2.75) is 106 Å². The summed E-state index contributed by atoms with van der Waals surface area (Å²) in [5, 5.41) is 31.1. The standard InChI is InChI=1S/C40H56O3/c1-29(17-13-19-31(3)21-23-36-33(5)25-34(41)26-38(36,6)7)15-11-12-16-30(2)18-14-20-32(4)22-24-37-39(8,9)27-35(42)28-40(37,10)43/h11-25,34-35,41-43H,26-28H2,1-10H3/b15-11+,16-12+,19-13+,20-14+,29-17+,30-18+,31-21+,32-22+,36-23-,37-24+/t34-,35-,40+/m1/s1. The Labute approximate surface area is 262 Å². The van der Waals surface area contributed by atoms with E-state index in [1.165, 1.54) is 16.7 Å². The smallest absolute Gasteiger partial charge is 0.0861 e. The number of hydrogen-bond donors (Lipinski definition) is 3. The molecule has 0 unspecified atom stereocenters. The monoisotopic (exact) mass is 584 g/mol. The lowest BCUT2D eigenvalue weighted by molar-refractivity contribution is -0.0271. The third-order valence-corrected chi connectivity index (χ3v) is 8.30. The van der Waals surface area contributed by atoms with Crippen LogP contribution in [0.25, 0.3) is 0 Å². The molecule has 0 saturated heterocycles. The van der Waals surface area contributed by atoms with E-state index < -0.39 is 11.7 Å². The van der Waals surface area contributed by atoms with E-state index in [0.29, 0.717) is 12.8 Å². The summed E-state index contributed by atoms with van der Waals surface area (Å²) in [6.07, 6.45) is 32.1. The molecular formula is C40H56O3. The molecule has 0 spiro atoms. The van der Waals surface area contributed by atoms with Gasteiger partial charge in [-0.15, -0.1) is 0 Å². The van der Waals surface area contributed by atoms with Crippen LogP contribution in [0.1, 0.15) is 88.5 Å². The highest BCUT2D eigenvalue weighted by Gasteiger charge is 2.43. The maximum Gasteiger partial charge on any atom is 0.0861 e. The van der Waals surface area contributed by atoms with E-state index in [-0.39, 0.29) is 16.9 Å². The fraction of sp³-hybridized carbons (Fsp3) is 0.450. The topological polar surface area (TPSA) is 60.7 Å². The van der Waals surface area contributed by atoms with Crippen LogP contribution >= 0.6 is 0 Å². The molecule has 0 aromatic rings. The maximum absolute atomic E-state index is 10.9. The summed E-state index contributed by atoms with van der Waals surface area (Å²) in [7, 11) is 0. The van der Waals surface area contributed by atoms with Crippen molar-refractivity contribution in [1.29, 1.82) is 0 Å². The molecule has 3 heteroatoms. The molecule has 0 aliphatic heterocycles. The normalized spacial score (nSPS) is 29.7. The number of aliphatic hydroxyl groups excluding tert-OH is 2. The number of hydrogen-bond acceptors (Lipinski definition) is 3. The molecule has 1 saturated carbocycles. The van der Waals surface area contributed by atoms with Crippen molar-refractivity contribution in [2.75, 3.05) is 0 Å². The third kappa shape index (κ3) is 11.9. The molecule has 234 valence electrons. The van der Waals surface area contributed by atoms with Crippen LogP contribution in [0.3, 0.4) is 0 Å². The summed E-state index contributed by atoms with van der Waals surface area (Å²) >= 11 is 0. The quantitative estimate of drug-likeness (QED) is 0.237. The Morgan fingerprint density at radius 2 is 1.12 bits per heavy atom. The molecule has 1 fully saturated rings. The van der Waals surface area contributed by atoms with Crippen molar-refractivity contribution < 1.29 is 15.3 Å². The van der Waals surface area contributed by atoms with Crippen molar-refractivity contribution in [3.05, 3.63) is 130 Å². The molecule has 0 bridgehead atoms. The van der Waals surface area contributed by atoms with E-state index in [1.54, 1.807) is 6.92 Å². The summed E-state index contributed by atoms with van der Waals surface area (Å²) in [6, 6.07) is 0. The Balaban J connectivity index is 1.94. The summed E-state index contributed by atoms with van der Waals surface area (Å²) in [5.41, 5.74) is 6.72. The summed E-state index contributed by atoms with van der Waals surface area (Å²) in [4.78, 5) is 0. The minimum atomic E-state index is -0.996. The molecule has 0 radical (unpaired) electrons. The molecule has 2 rings (SSSR count). The summed E-state index contributed by atoms with van der Waals surface area (Å²) in [6.45, 7) is 20.7. The van der Waals surface area contributed by atoms with Crippen molar-refractivity contribution >= 4 is 0 Å². The van der Waals surface area contributed by atoms with Gasteiger partial charge in [0.05, 0.1) is 17.8 Å². The molecule has 2 aliphatic carbocycles. The molecule has 0 aromatic heterocycles. The average Bonchev–Trinajstić information content (AvgIpc) is 2.83. The van der Waals surface area contributed by atoms with Crippen LogP contribution < -0.4 is 0 Å². The lowest BCUT2D eigenvalue weighted by Crippen LogP contribution is -2.45. The van der Waals surface area contributed by atoms with Gasteiger partial charge >= 0.3 is 0 Å². The summed E-state index contributed by atoms with van der Waals surface area (Å²) in [5.74, 6) is 0. The van der Waals surface area contributed by atoms with Crippen molar-refractivity contribution in [1.82, 2.24) is 0 Å². The van der Waals surface area contributed by atoms with Crippen LogP contribution in [0, 0.1) is 10.8 Å². The van der Waals surface area contributed by atoms with Gasteiger partial charge in [-0.05, 0) is 81.9 Å². The SMILES string of the molecule is CC1=C[C@@H](O)CC(C)(C)\C1=C/C=C(C)/C=C/C=C(C)/C=C/C=C/C(C)=C/C=C/C(C)=C/C=C1\C(C)(C)C[C@@H](O)C[C@]1(C)O. The second kappa shape index (κ2) is 15.7. The van der Waals surface area contributed by atoms with Gasteiger partial charge in [0.25, 0.3) is 0 Å². The van der Waals surface area contributed by atoms with Crippen LogP contribution in [-0.4, -0.2) is 33.1 Å². The first kappa shape index (κ1) is 36.2. The van der Waals surface area contributed by atoms with Gasteiger partial charge in [-0.1, -0.05) is 141 Å². The van der Waals surface area contributed by atoms with Crippen LogP contribution in [0.2, 0.25) is 0 Å². The first-order chi connectivity index (χ1) is 19.9. The Kier molecular flexibility index (Phi) is 13.2. The van der Waals surface area contributed by atoms with Crippen LogP contribution in [0.15, 0.2) is 130 Å². The first-order valence-electron chi connectivity index (χ1n) is 15.5. The highest BCUT2D eigenvalue weighted by Crippen LogP contribution is 2.46. The molecule has 3 atom stereocenters. The lowest BCUT2D eigenvalue weighted by atomic mass is 9.65. The third-order valence-electron chi connectivity index (χ3n) is 8.30. The van der Waals surface area contributed by atoms with E-state index in [0.717, 1.165) is 28.7 Å². The lowest BCUT2D eigenvalue weighted by Gasteiger charge is -2.45. The van der Waals surface area contributed by atoms with Crippen molar-refractivity contribution in [2.24, 2.45) is 10.8 Å². The van der Waals surface area contributed by atoms with Gasteiger partial charge in [0, 0.05) is 6.42 Å². The zero-order valence-corrected chi connectivity index (χ0v) is 28.3. The van der Waals surface area contributed by atoms with E-state index in [1.807, 2.05) is 30.4 Å². The fourth-order valence-electron chi connectivity index (χ4n) is 6.20. The molecule has 3 nitrogen and oxygen atoms in total. The van der Waals surface area contributed by atoms with E-state index in [4.69, 9.17) is 0 Å². The van der Waals surface area contributed by atoms with Gasteiger partial charge in [-0.3, -0.25) is 0 Å². The second-order valence-corrected chi connectivity index (χ2v) is 14.0. The van der Waals surface area contributed by atoms with E-state index >= 15 is 0 Å². The Hall–Kier alpha value is -2.98. The Morgan fingerprint density at radius 3 is 1.60 bits per heavy atom. The molecular weight excluding hydrogens is 528 g/mol. The molecule has 0 amide bonds. The number of rotatable bonds is 9. The minimum Gasteiger partial charge on any atom is -0.393 e. The predicted molar refractivity (Wildman–Crippen MR) is 186 cm³/mol. The molecule has 0 heterocycles. The zero-order valence-electron chi connectivity index (χ0n) is 28.3. The van der Waals surface area contributed by atoms with E-state index in [2.05, 4.69) is 123 Å². The van der Waals surface area contributed by atoms with Gasteiger partial charge in [0.1, 0.15) is 0 Å². The number of aliphatic hydroxyl groups is 3. The Bertz CT molecular complexity index is 1300. The summed E-state index contributed by atoms with van der Waals surface area (Å²) < 4.78 is 0. The molecule has 43 heavy (non-hydrogen) atoms.